The number of likely N-dealkylation sites (tertiary alicyclic amines) is 1. The lowest BCUT2D eigenvalue weighted by Gasteiger charge is -2.33. The lowest BCUT2D eigenvalue weighted by Crippen LogP contribution is -2.44. The van der Waals surface area contributed by atoms with Crippen molar-refractivity contribution in [1.82, 2.24) is 15.5 Å². The van der Waals surface area contributed by atoms with E-state index in [1.54, 1.807) is 6.26 Å². The van der Waals surface area contributed by atoms with Gasteiger partial charge in [0.25, 0.3) is 0 Å². The molecule has 0 aliphatic carbocycles. The van der Waals surface area contributed by atoms with Crippen molar-refractivity contribution in [3.63, 3.8) is 0 Å². The van der Waals surface area contributed by atoms with Crippen LogP contribution in [0, 0.1) is 5.92 Å². The molecule has 29 heavy (non-hydrogen) atoms. The number of nitrogens with zero attached hydrogens (tertiary/aromatic N) is 2. The summed E-state index contributed by atoms with van der Waals surface area (Å²) in [5.74, 6) is 2.43. The maximum absolute atomic E-state index is 5.76. The second-order valence-electron chi connectivity index (χ2n) is 7.67. The standard InChI is InChI=1S/C21H36N4O3.HI/c1-22-21(23-9-6-12-26-16-18-8-14-27-17-18)24-15-19(20-7-5-13-28-20)25-10-3-2-4-11-25;/h5,7,13,18-19H,2-4,6,8-12,14-17H2,1H3,(H2,22,23,24);1H. The van der Waals surface area contributed by atoms with Crippen molar-refractivity contribution in [3.05, 3.63) is 24.2 Å². The highest BCUT2D eigenvalue weighted by Gasteiger charge is 2.24. The molecule has 2 atom stereocenters. The predicted molar refractivity (Wildman–Crippen MR) is 126 cm³/mol. The third-order valence-corrected chi connectivity index (χ3v) is 5.52. The molecule has 2 aliphatic heterocycles. The molecule has 0 aromatic carbocycles. The van der Waals surface area contributed by atoms with Crippen LogP contribution in [-0.2, 0) is 9.47 Å². The van der Waals surface area contributed by atoms with Crippen molar-refractivity contribution < 1.29 is 13.9 Å². The van der Waals surface area contributed by atoms with Gasteiger partial charge in [-0.15, -0.1) is 24.0 Å². The number of halogens is 1. The number of nitrogens with one attached hydrogen (secondary N) is 2. The molecule has 2 N–H and O–H groups in total. The van der Waals surface area contributed by atoms with Crippen LogP contribution in [0.1, 0.15) is 43.9 Å². The van der Waals surface area contributed by atoms with Gasteiger partial charge in [-0.05, 0) is 50.9 Å². The van der Waals surface area contributed by atoms with Gasteiger partial charge >= 0.3 is 0 Å². The van der Waals surface area contributed by atoms with E-state index in [4.69, 9.17) is 13.9 Å². The molecule has 3 rings (SSSR count). The fourth-order valence-electron chi connectivity index (χ4n) is 3.88. The van der Waals surface area contributed by atoms with Crippen LogP contribution in [0.5, 0.6) is 0 Å². The Morgan fingerprint density at radius 2 is 2.17 bits per heavy atom. The first-order valence-electron chi connectivity index (χ1n) is 10.7. The summed E-state index contributed by atoms with van der Waals surface area (Å²) in [5, 5.41) is 6.86. The minimum absolute atomic E-state index is 0. The summed E-state index contributed by atoms with van der Waals surface area (Å²) in [6, 6.07) is 4.28. The van der Waals surface area contributed by atoms with E-state index in [1.165, 1.54) is 19.3 Å². The van der Waals surface area contributed by atoms with Crippen LogP contribution in [0.3, 0.4) is 0 Å². The number of hydrogen-bond acceptors (Lipinski definition) is 5. The third kappa shape index (κ3) is 8.43. The molecule has 2 aliphatic rings. The van der Waals surface area contributed by atoms with Crippen LogP contribution in [-0.4, -0.2) is 70.5 Å². The van der Waals surface area contributed by atoms with E-state index in [0.29, 0.717) is 5.92 Å². The largest absolute Gasteiger partial charge is 0.468 e. The predicted octanol–water partition coefficient (Wildman–Crippen LogP) is 3.03. The third-order valence-electron chi connectivity index (χ3n) is 5.52. The average Bonchev–Trinajstić information content (AvgIpc) is 3.44. The monoisotopic (exact) mass is 520 g/mol. The molecule has 0 saturated carbocycles. The van der Waals surface area contributed by atoms with Crippen molar-refractivity contribution in [2.45, 2.75) is 38.1 Å². The van der Waals surface area contributed by atoms with E-state index >= 15 is 0 Å². The second kappa shape index (κ2) is 14.2. The number of aliphatic imine (C=N–C) groups is 1. The highest BCUT2D eigenvalue weighted by molar-refractivity contribution is 14.0. The molecule has 2 unspecified atom stereocenters. The first kappa shape index (κ1) is 24.4. The van der Waals surface area contributed by atoms with Gasteiger partial charge in [-0.3, -0.25) is 9.89 Å². The van der Waals surface area contributed by atoms with E-state index in [2.05, 4.69) is 26.6 Å². The quantitative estimate of drug-likeness (QED) is 0.214. The van der Waals surface area contributed by atoms with Crippen molar-refractivity contribution in [1.29, 1.82) is 0 Å². The van der Waals surface area contributed by atoms with Gasteiger partial charge in [0.15, 0.2) is 5.96 Å². The summed E-state index contributed by atoms with van der Waals surface area (Å²) in [6.45, 7) is 7.19. The van der Waals surface area contributed by atoms with Gasteiger partial charge in [0.2, 0.25) is 0 Å². The van der Waals surface area contributed by atoms with E-state index in [-0.39, 0.29) is 30.0 Å². The summed E-state index contributed by atoms with van der Waals surface area (Å²) in [4.78, 5) is 6.87. The normalized spacial score (nSPS) is 21.6. The Kier molecular flexibility index (Phi) is 12.0. The van der Waals surface area contributed by atoms with Gasteiger partial charge in [0.1, 0.15) is 5.76 Å². The van der Waals surface area contributed by atoms with Crippen LogP contribution in [0.25, 0.3) is 0 Å². The average molecular weight is 520 g/mol. The number of guanidine groups is 1. The Morgan fingerprint density at radius 1 is 1.31 bits per heavy atom. The van der Waals surface area contributed by atoms with Gasteiger partial charge in [-0.25, -0.2) is 0 Å². The Morgan fingerprint density at radius 3 is 2.86 bits per heavy atom. The molecule has 0 spiro atoms. The molecule has 166 valence electrons. The second-order valence-corrected chi connectivity index (χ2v) is 7.67. The lowest BCUT2D eigenvalue weighted by atomic mass is 10.1. The van der Waals surface area contributed by atoms with Crippen molar-refractivity contribution in [3.8, 4) is 0 Å². The Hall–Kier alpha value is -0.840. The fourth-order valence-corrected chi connectivity index (χ4v) is 3.88. The zero-order chi connectivity index (χ0) is 19.4. The van der Waals surface area contributed by atoms with E-state index in [0.717, 1.165) is 77.2 Å². The Labute approximate surface area is 192 Å². The number of hydrogen-bond donors (Lipinski definition) is 2. The minimum atomic E-state index is 0. The molecular weight excluding hydrogens is 483 g/mol. The number of furan rings is 1. The van der Waals surface area contributed by atoms with Crippen molar-refractivity contribution >= 4 is 29.9 Å². The number of rotatable bonds is 10. The molecule has 0 bridgehead atoms. The molecule has 8 heteroatoms. The first-order valence-corrected chi connectivity index (χ1v) is 10.7. The van der Waals surface area contributed by atoms with Crippen LogP contribution in [0.15, 0.2) is 27.8 Å². The molecule has 7 nitrogen and oxygen atoms in total. The van der Waals surface area contributed by atoms with Crippen molar-refractivity contribution in [2.24, 2.45) is 10.9 Å². The summed E-state index contributed by atoms with van der Waals surface area (Å²) < 4.78 is 16.8. The molecule has 1 aromatic rings. The molecule has 0 radical (unpaired) electrons. The van der Waals surface area contributed by atoms with Crippen LogP contribution >= 0.6 is 24.0 Å². The molecule has 2 fully saturated rings. The Bertz CT molecular complexity index is 558. The molecule has 2 saturated heterocycles. The zero-order valence-corrected chi connectivity index (χ0v) is 19.9. The lowest BCUT2D eigenvalue weighted by molar-refractivity contribution is 0.0888. The molecule has 3 heterocycles. The van der Waals surface area contributed by atoms with Gasteiger partial charge in [0, 0.05) is 39.3 Å². The smallest absolute Gasteiger partial charge is 0.191 e. The highest BCUT2D eigenvalue weighted by atomic mass is 127. The van der Waals surface area contributed by atoms with Crippen LogP contribution in [0.4, 0.5) is 0 Å². The van der Waals surface area contributed by atoms with E-state index in [9.17, 15) is 0 Å². The fraction of sp³-hybridized carbons (Fsp3) is 0.762. The van der Waals surface area contributed by atoms with Gasteiger partial charge in [-0.1, -0.05) is 6.42 Å². The van der Waals surface area contributed by atoms with Gasteiger partial charge in [0.05, 0.1) is 25.5 Å². The summed E-state index contributed by atoms with van der Waals surface area (Å²) >= 11 is 0. The molecule has 0 amide bonds. The summed E-state index contributed by atoms with van der Waals surface area (Å²) in [7, 11) is 1.81. The highest BCUT2D eigenvalue weighted by Crippen LogP contribution is 2.24. The number of ether oxygens (including phenoxy) is 2. The maximum Gasteiger partial charge on any atom is 0.191 e. The maximum atomic E-state index is 5.76. The summed E-state index contributed by atoms with van der Waals surface area (Å²) in [5.41, 5.74) is 0. The van der Waals surface area contributed by atoms with Crippen LogP contribution < -0.4 is 10.6 Å². The number of piperidine rings is 1. The van der Waals surface area contributed by atoms with E-state index < -0.39 is 0 Å². The molecular formula is C21H37IN4O3. The van der Waals surface area contributed by atoms with Crippen LogP contribution in [0.2, 0.25) is 0 Å². The van der Waals surface area contributed by atoms with Crippen molar-refractivity contribution in [2.75, 3.05) is 59.7 Å². The topological polar surface area (TPSA) is 71.3 Å². The first-order chi connectivity index (χ1) is 13.9. The van der Waals surface area contributed by atoms with Gasteiger partial charge in [-0.2, -0.15) is 0 Å². The minimum Gasteiger partial charge on any atom is -0.468 e. The van der Waals surface area contributed by atoms with E-state index in [1.807, 2.05) is 13.1 Å². The zero-order valence-electron chi connectivity index (χ0n) is 17.6. The SMILES string of the molecule is CN=C(NCCCOCC1CCOC1)NCC(c1ccco1)N1CCCCC1.I. The summed E-state index contributed by atoms with van der Waals surface area (Å²) in [6.07, 6.45) is 7.70. The molecule has 1 aromatic heterocycles. The Balaban J connectivity index is 0.00000300. The van der Waals surface area contributed by atoms with Gasteiger partial charge < -0.3 is 24.5 Å².